The van der Waals surface area contributed by atoms with Gasteiger partial charge < -0.3 is 14.0 Å². The van der Waals surface area contributed by atoms with Gasteiger partial charge in [0.05, 0.1) is 12.3 Å². The SMILES string of the molecule is CO[C@@H](C(=O)N/N=C\c1cc(C)n(C[C@@H]2CCCO2)c1C)c1ccccc1. The van der Waals surface area contributed by atoms with Gasteiger partial charge in [0.25, 0.3) is 5.91 Å². The predicted octanol–water partition coefficient (Wildman–Crippen LogP) is 3.12. The van der Waals surface area contributed by atoms with Crippen molar-refractivity contribution in [1.82, 2.24) is 9.99 Å². The second kappa shape index (κ2) is 8.97. The van der Waals surface area contributed by atoms with Crippen LogP contribution in [-0.4, -0.2) is 36.5 Å². The molecule has 2 atom stereocenters. The molecule has 0 spiro atoms. The van der Waals surface area contributed by atoms with E-state index in [1.165, 1.54) is 7.11 Å². The molecule has 0 aliphatic carbocycles. The van der Waals surface area contributed by atoms with E-state index >= 15 is 0 Å². The Hall–Kier alpha value is -2.44. The highest BCUT2D eigenvalue weighted by Crippen LogP contribution is 2.20. The van der Waals surface area contributed by atoms with E-state index in [1.54, 1.807) is 6.21 Å². The van der Waals surface area contributed by atoms with Gasteiger partial charge in [-0.1, -0.05) is 30.3 Å². The van der Waals surface area contributed by atoms with Gasteiger partial charge in [0.1, 0.15) is 0 Å². The minimum absolute atomic E-state index is 0.285. The van der Waals surface area contributed by atoms with Gasteiger partial charge in [-0.25, -0.2) is 5.43 Å². The lowest BCUT2D eigenvalue weighted by Crippen LogP contribution is -2.26. The number of carbonyl (C=O) groups excluding carboxylic acids is 1. The topological polar surface area (TPSA) is 64.8 Å². The highest BCUT2D eigenvalue weighted by atomic mass is 16.5. The number of hydrazone groups is 1. The van der Waals surface area contributed by atoms with E-state index in [1.807, 2.05) is 30.3 Å². The molecule has 1 fully saturated rings. The maximum atomic E-state index is 12.4. The average molecular weight is 369 g/mol. The molecule has 1 N–H and O–H groups in total. The average Bonchev–Trinajstić information content (AvgIpc) is 3.27. The van der Waals surface area contributed by atoms with Crippen LogP contribution in [0.5, 0.6) is 0 Å². The zero-order valence-electron chi connectivity index (χ0n) is 16.1. The third kappa shape index (κ3) is 4.64. The van der Waals surface area contributed by atoms with Gasteiger partial charge in [0.2, 0.25) is 0 Å². The van der Waals surface area contributed by atoms with Crippen molar-refractivity contribution in [3.05, 3.63) is 58.9 Å². The molecule has 0 radical (unpaired) electrons. The van der Waals surface area contributed by atoms with E-state index in [4.69, 9.17) is 9.47 Å². The van der Waals surface area contributed by atoms with Crippen LogP contribution in [-0.2, 0) is 20.8 Å². The van der Waals surface area contributed by atoms with Crippen molar-refractivity contribution in [1.29, 1.82) is 0 Å². The fourth-order valence-corrected chi connectivity index (χ4v) is 3.48. The number of amides is 1. The summed E-state index contributed by atoms with van der Waals surface area (Å²) in [5.74, 6) is -0.298. The van der Waals surface area contributed by atoms with Crippen LogP contribution in [0.15, 0.2) is 41.5 Å². The van der Waals surface area contributed by atoms with Crippen LogP contribution >= 0.6 is 0 Å². The van der Waals surface area contributed by atoms with Crippen LogP contribution in [0.2, 0.25) is 0 Å². The zero-order chi connectivity index (χ0) is 19.2. The van der Waals surface area contributed by atoms with Gasteiger partial charge in [0.15, 0.2) is 6.10 Å². The fourth-order valence-electron chi connectivity index (χ4n) is 3.48. The van der Waals surface area contributed by atoms with E-state index in [0.717, 1.165) is 48.5 Å². The van der Waals surface area contributed by atoms with E-state index < -0.39 is 6.10 Å². The van der Waals surface area contributed by atoms with Crippen molar-refractivity contribution in [2.75, 3.05) is 13.7 Å². The van der Waals surface area contributed by atoms with Crippen molar-refractivity contribution in [2.24, 2.45) is 5.10 Å². The van der Waals surface area contributed by atoms with Gasteiger partial charge in [-0.05, 0) is 38.3 Å². The lowest BCUT2D eigenvalue weighted by atomic mass is 10.1. The summed E-state index contributed by atoms with van der Waals surface area (Å²) in [6, 6.07) is 11.4. The lowest BCUT2D eigenvalue weighted by Gasteiger charge is -2.14. The zero-order valence-corrected chi connectivity index (χ0v) is 16.1. The second-order valence-corrected chi connectivity index (χ2v) is 6.83. The van der Waals surface area contributed by atoms with Gasteiger partial charge in [-0.2, -0.15) is 5.10 Å². The maximum Gasteiger partial charge on any atom is 0.273 e. The Labute approximate surface area is 160 Å². The largest absolute Gasteiger partial charge is 0.376 e. The van der Waals surface area contributed by atoms with Gasteiger partial charge >= 0.3 is 0 Å². The Bertz CT molecular complexity index is 793. The lowest BCUT2D eigenvalue weighted by molar-refractivity contribution is -0.131. The molecular weight excluding hydrogens is 342 g/mol. The Morgan fingerprint density at radius 2 is 2.19 bits per heavy atom. The van der Waals surface area contributed by atoms with Crippen LogP contribution in [0.3, 0.4) is 0 Å². The molecule has 1 amide bonds. The van der Waals surface area contributed by atoms with Crippen molar-refractivity contribution < 1.29 is 14.3 Å². The fraction of sp³-hybridized carbons (Fsp3) is 0.429. The van der Waals surface area contributed by atoms with Gasteiger partial charge in [-0.3, -0.25) is 4.79 Å². The molecule has 1 saturated heterocycles. The molecule has 1 aliphatic rings. The maximum absolute atomic E-state index is 12.4. The molecule has 1 aromatic heterocycles. The smallest absolute Gasteiger partial charge is 0.273 e. The van der Waals surface area contributed by atoms with Crippen LogP contribution < -0.4 is 5.43 Å². The van der Waals surface area contributed by atoms with Gasteiger partial charge in [-0.15, -0.1) is 0 Å². The third-order valence-electron chi connectivity index (χ3n) is 4.98. The monoisotopic (exact) mass is 369 g/mol. The van der Waals surface area contributed by atoms with Crippen LogP contribution in [0.25, 0.3) is 0 Å². The number of nitrogens with one attached hydrogen (secondary N) is 1. The highest BCUT2D eigenvalue weighted by Gasteiger charge is 2.20. The first-order chi connectivity index (χ1) is 13.1. The Kier molecular flexibility index (Phi) is 6.42. The minimum Gasteiger partial charge on any atom is -0.376 e. The number of carbonyl (C=O) groups is 1. The molecule has 0 unspecified atom stereocenters. The predicted molar refractivity (Wildman–Crippen MR) is 105 cm³/mol. The van der Waals surface area contributed by atoms with Gasteiger partial charge in [0, 0.05) is 37.2 Å². The van der Waals surface area contributed by atoms with Crippen LogP contribution in [0, 0.1) is 13.8 Å². The summed E-state index contributed by atoms with van der Waals surface area (Å²) in [4.78, 5) is 12.4. The molecule has 0 saturated carbocycles. The number of aryl methyl sites for hydroxylation is 1. The van der Waals surface area contributed by atoms with Crippen molar-refractivity contribution in [3.63, 3.8) is 0 Å². The number of hydrogen-bond acceptors (Lipinski definition) is 4. The molecule has 27 heavy (non-hydrogen) atoms. The minimum atomic E-state index is -0.685. The van der Waals surface area contributed by atoms with E-state index in [2.05, 4.69) is 35.0 Å². The molecule has 1 aromatic carbocycles. The summed E-state index contributed by atoms with van der Waals surface area (Å²) in [7, 11) is 1.51. The molecule has 1 aliphatic heterocycles. The Morgan fingerprint density at radius 1 is 1.41 bits per heavy atom. The summed E-state index contributed by atoms with van der Waals surface area (Å²) in [6.45, 7) is 5.85. The standard InChI is InChI=1S/C21H27N3O3/c1-15-12-18(16(2)24(15)14-19-10-7-11-27-19)13-22-23-21(25)20(26-3)17-8-5-4-6-9-17/h4-6,8-9,12-13,19-20H,7,10-11,14H2,1-3H3,(H,23,25)/b22-13-/t19-,20+/m0/s1. The van der Waals surface area contributed by atoms with E-state index in [-0.39, 0.29) is 12.0 Å². The number of methoxy groups -OCH3 is 1. The molecule has 6 nitrogen and oxygen atoms in total. The summed E-state index contributed by atoms with van der Waals surface area (Å²) in [5.41, 5.74) is 6.64. The Morgan fingerprint density at radius 3 is 2.85 bits per heavy atom. The number of benzene rings is 1. The summed E-state index contributed by atoms with van der Waals surface area (Å²) >= 11 is 0. The third-order valence-corrected chi connectivity index (χ3v) is 4.98. The molecular formula is C21H27N3O3. The summed E-state index contributed by atoms with van der Waals surface area (Å²) in [6.07, 6.45) is 3.52. The first-order valence-corrected chi connectivity index (χ1v) is 9.29. The van der Waals surface area contributed by atoms with E-state index in [9.17, 15) is 4.79 Å². The number of hydrogen-bond donors (Lipinski definition) is 1. The van der Waals surface area contributed by atoms with Crippen LogP contribution in [0.4, 0.5) is 0 Å². The van der Waals surface area contributed by atoms with Crippen LogP contribution in [0.1, 0.15) is 41.5 Å². The normalized spacial score (nSPS) is 18.1. The number of nitrogens with zero attached hydrogens (tertiary/aromatic N) is 2. The van der Waals surface area contributed by atoms with Crippen molar-refractivity contribution >= 4 is 12.1 Å². The number of aromatic nitrogens is 1. The molecule has 3 rings (SSSR count). The molecule has 144 valence electrons. The van der Waals surface area contributed by atoms with Crippen molar-refractivity contribution in [2.45, 2.75) is 45.4 Å². The number of rotatable bonds is 7. The quantitative estimate of drug-likeness (QED) is 0.602. The van der Waals surface area contributed by atoms with E-state index in [0.29, 0.717) is 0 Å². The Balaban J connectivity index is 1.64. The second-order valence-electron chi connectivity index (χ2n) is 6.83. The highest BCUT2D eigenvalue weighted by molar-refractivity contribution is 5.86. The van der Waals surface area contributed by atoms with Crippen molar-refractivity contribution in [3.8, 4) is 0 Å². The summed E-state index contributed by atoms with van der Waals surface area (Å²) in [5, 5.41) is 4.13. The first kappa shape index (κ1) is 19.3. The molecule has 2 heterocycles. The molecule has 6 heteroatoms. The molecule has 0 bridgehead atoms. The summed E-state index contributed by atoms with van der Waals surface area (Å²) < 4.78 is 13.3. The first-order valence-electron chi connectivity index (χ1n) is 9.29. The molecule has 2 aromatic rings. The number of ether oxygens (including phenoxy) is 2.